The van der Waals surface area contributed by atoms with Gasteiger partial charge in [0.25, 0.3) is 5.56 Å². The third kappa shape index (κ3) is 9.18. The van der Waals surface area contributed by atoms with Crippen LogP contribution in [0.1, 0.15) is 80.5 Å². The van der Waals surface area contributed by atoms with Crippen LogP contribution in [0.5, 0.6) is 11.5 Å². The van der Waals surface area contributed by atoms with E-state index in [1.54, 1.807) is 23.0 Å². The molecular formula is C45H51FN10O5S. The van der Waals surface area contributed by atoms with Gasteiger partial charge in [-0.3, -0.25) is 38.6 Å². The molecule has 3 aromatic carbocycles. The molecule has 3 aliphatic rings. The van der Waals surface area contributed by atoms with Crippen molar-refractivity contribution in [3.63, 3.8) is 0 Å². The Hall–Kier alpha value is -5.83. The molecule has 62 heavy (non-hydrogen) atoms. The van der Waals surface area contributed by atoms with E-state index in [-0.39, 0.29) is 40.3 Å². The number of hydrogen-bond acceptors (Lipinski definition) is 12. The van der Waals surface area contributed by atoms with Crippen molar-refractivity contribution in [1.82, 2.24) is 38.8 Å². The van der Waals surface area contributed by atoms with E-state index in [9.17, 15) is 24.4 Å². The van der Waals surface area contributed by atoms with Crippen molar-refractivity contribution in [3.8, 4) is 17.6 Å². The van der Waals surface area contributed by atoms with Gasteiger partial charge in [0, 0.05) is 57.2 Å². The summed E-state index contributed by atoms with van der Waals surface area (Å²) in [6.07, 6.45) is 6.70. The number of nitrogens with one attached hydrogen (secondary N) is 2. The molecule has 5 heterocycles. The lowest BCUT2D eigenvalue weighted by Gasteiger charge is -2.36. The normalized spacial score (nSPS) is 18.1. The molecule has 0 radical (unpaired) electrons. The van der Waals surface area contributed by atoms with Crippen molar-refractivity contribution >= 4 is 57.3 Å². The fourth-order valence-corrected chi connectivity index (χ4v) is 9.35. The number of carbonyl (C=O) groups is 3. The second-order valence-corrected chi connectivity index (χ2v) is 17.5. The molecule has 1 unspecified atom stereocenters. The molecule has 2 N–H and O–H groups in total. The first kappa shape index (κ1) is 42.8. The molecule has 1 atom stereocenters. The summed E-state index contributed by atoms with van der Waals surface area (Å²) in [5.74, 6) is -0.789. The highest BCUT2D eigenvalue weighted by molar-refractivity contribution is 7.98. The number of halogens is 1. The average Bonchev–Trinajstić information content (AvgIpc) is 3.61. The number of carbonyl (C=O) groups excluding carboxylic acids is 3. The number of hydrogen-bond donors (Lipinski definition) is 2. The predicted molar refractivity (Wildman–Crippen MR) is 235 cm³/mol. The van der Waals surface area contributed by atoms with Crippen molar-refractivity contribution < 1.29 is 23.5 Å². The van der Waals surface area contributed by atoms with Gasteiger partial charge in [-0.15, -0.1) is 0 Å². The zero-order valence-corrected chi connectivity index (χ0v) is 36.0. The van der Waals surface area contributed by atoms with E-state index >= 15 is 4.39 Å². The maximum atomic E-state index is 15.0. The van der Waals surface area contributed by atoms with Crippen LogP contribution >= 0.6 is 12.1 Å². The van der Waals surface area contributed by atoms with E-state index in [2.05, 4.69) is 38.1 Å². The highest BCUT2D eigenvalue weighted by atomic mass is 32.2. The number of amides is 3. The minimum Gasteiger partial charge on any atom is -0.453 e. The summed E-state index contributed by atoms with van der Waals surface area (Å²) in [6.45, 7) is 6.65. The lowest BCUT2D eigenvalue weighted by Crippen LogP contribution is -2.46. The number of ether oxygens (including phenoxy) is 1. The molecule has 5 aromatic rings. The number of piperidine rings is 3. The van der Waals surface area contributed by atoms with Gasteiger partial charge < -0.3 is 14.4 Å². The van der Waals surface area contributed by atoms with Gasteiger partial charge in [-0.1, -0.05) is 19.1 Å². The van der Waals surface area contributed by atoms with Crippen LogP contribution in [-0.4, -0.2) is 97.5 Å². The maximum Gasteiger partial charge on any atom is 0.261 e. The van der Waals surface area contributed by atoms with Gasteiger partial charge in [0.15, 0.2) is 11.6 Å². The number of rotatable bonds is 13. The van der Waals surface area contributed by atoms with Gasteiger partial charge in [-0.2, -0.15) is 10.4 Å². The van der Waals surface area contributed by atoms with Crippen molar-refractivity contribution in [2.24, 2.45) is 13.0 Å². The fourth-order valence-electron chi connectivity index (χ4n) is 8.80. The zero-order chi connectivity index (χ0) is 43.5. The summed E-state index contributed by atoms with van der Waals surface area (Å²) in [5.41, 5.74) is 3.60. The van der Waals surface area contributed by atoms with Crippen LogP contribution in [0.3, 0.4) is 0 Å². The lowest BCUT2D eigenvalue weighted by atomic mass is 9.88. The largest absolute Gasteiger partial charge is 0.453 e. The van der Waals surface area contributed by atoms with Crippen LogP contribution in [0, 0.1) is 23.1 Å². The third-order valence-electron chi connectivity index (χ3n) is 12.6. The molecule has 0 saturated carbocycles. The van der Waals surface area contributed by atoms with E-state index < -0.39 is 11.7 Å². The van der Waals surface area contributed by atoms with Crippen molar-refractivity contribution in [3.05, 3.63) is 87.9 Å². The van der Waals surface area contributed by atoms with Crippen LogP contribution in [-0.2, 0) is 28.0 Å². The molecule has 17 heteroatoms. The molecule has 3 saturated heterocycles. The Labute approximate surface area is 363 Å². The fraction of sp³-hybridized carbons (Fsp3) is 0.444. The molecule has 3 amide bonds. The van der Waals surface area contributed by atoms with E-state index in [0.717, 1.165) is 68.3 Å². The number of nitrogens with zero attached hydrogens (tertiary/aromatic N) is 8. The van der Waals surface area contributed by atoms with Crippen molar-refractivity contribution in [1.29, 1.82) is 5.26 Å². The number of anilines is 1. The number of fused-ring (bicyclic) bond motifs is 2. The summed E-state index contributed by atoms with van der Waals surface area (Å²) in [4.78, 5) is 60.1. The molecule has 2 aromatic heterocycles. The molecular weight excluding hydrogens is 812 g/mol. The zero-order valence-electron chi connectivity index (χ0n) is 35.2. The predicted octanol–water partition coefficient (Wildman–Crippen LogP) is 6.04. The van der Waals surface area contributed by atoms with Crippen molar-refractivity contribution in [2.75, 3.05) is 51.0 Å². The smallest absolute Gasteiger partial charge is 0.261 e. The monoisotopic (exact) mass is 862 g/mol. The molecule has 0 bridgehead atoms. The quantitative estimate of drug-likeness (QED) is 0.104. The highest BCUT2D eigenvalue weighted by Gasteiger charge is 2.32. The SMILES string of the molecule is CCN(C)SNc1ccc(F)c(Oc2ccc3ncn(CCC4CCN(C(=O)CN5CCC(c6ccc7c(C8CCC(=O)NC8=O)nn(C)c7c6)CC5)CC4)c(=O)c3c2)c1C#N. The lowest BCUT2D eigenvalue weighted by molar-refractivity contribution is -0.135. The Bertz CT molecular complexity index is 2610. The molecule has 3 aliphatic heterocycles. The molecule has 15 nitrogen and oxygen atoms in total. The minimum atomic E-state index is -0.695. The summed E-state index contributed by atoms with van der Waals surface area (Å²) in [7, 11) is 3.78. The van der Waals surface area contributed by atoms with Crippen LogP contribution in [0.25, 0.3) is 21.8 Å². The van der Waals surface area contributed by atoms with Crippen LogP contribution < -0.4 is 20.3 Å². The first-order chi connectivity index (χ1) is 30.0. The Morgan fingerprint density at radius 1 is 1.03 bits per heavy atom. The van der Waals surface area contributed by atoms with E-state index in [4.69, 9.17) is 9.84 Å². The minimum absolute atomic E-state index is 0.0147. The van der Waals surface area contributed by atoms with Gasteiger partial charge in [0.1, 0.15) is 17.4 Å². The topological polar surface area (TPSA) is 171 Å². The molecule has 8 rings (SSSR count). The molecule has 0 spiro atoms. The molecule has 324 valence electrons. The average molecular weight is 863 g/mol. The highest BCUT2D eigenvalue weighted by Crippen LogP contribution is 2.36. The first-order valence-corrected chi connectivity index (χ1v) is 22.1. The summed E-state index contributed by atoms with van der Waals surface area (Å²) in [5, 5.41) is 18.3. The second kappa shape index (κ2) is 18.6. The van der Waals surface area contributed by atoms with Gasteiger partial charge in [0.05, 0.1) is 46.6 Å². The second-order valence-electron chi connectivity index (χ2n) is 16.5. The van der Waals surface area contributed by atoms with Crippen molar-refractivity contribution in [2.45, 2.75) is 70.3 Å². The number of nitriles is 1. The maximum absolute atomic E-state index is 15.0. The molecule has 3 fully saturated rings. The Kier molecular flexibility index (Phi) is 12.9. The number of benzene rings is 3. The number of likely N-dealkylation sites (tertiary alicyclic amines) is 2. The Morgan fingerprint density at radius 3 is 2.56 bits per heavy atom. The standard InChI is InChI=1S/C45H51FN10O5S/c1-4-52(2)62-51-38-11-9-36(46)43(35(38)25-47)61-31-6-10-37-34(24-31)45(60)56(27-48-37)22-15-28-13-20-55(21-14-28)41(58)26-54-18-16-29(17-19-54)30-5-7-32-39(23-30)53(3)50-42(32)33-8-12-40(57)49-44(33)59/h5-7,9-11,23-24,27-29,33,51H,4,8,12-22,26H2,1-3H3,(H,49,57,59). The Balaban J connectivity index is 0.814. The summed E-state index contributed by atoms with van der Waals surface area (Å²) >= 11 is 1.28. The van der Waals surface area contributed by atoms with E-state index in [1.807, 2.05) is 41.0 Å². The van der Waals surface area contributed by atoms with Crippen LogP contribution in [0.2, 0.25) is 0 Å². The Morgan fingerprint density at radius 2 is 1.82 bits per heavy atom. The number of aromatic nitrogens is 4. The van der Waals surface area contributed by atoms with Crippen LogP contribution in [0.4, 0.5) is 10.1 Å². The van der Waals surface area contributed by atoms with E-state index in [0.29, 0.717) is 67.4 Å². The summed E-state index contributed by atoms with van der Waals surface area (Å²) in [6, 6.07) is 15.9. The summed E-state index contributed by atoms with van der Waals surface area (Å²) < 4.78 is 29.3. The van der Waals surface area contributed by atoms with Gasteiger partial charge >= 0.3 is 0 Å². The van der Waals surface area contributed by atoms with Gasteiger partial charge in [0.2, 0.25) is 17.7 Å². The van der Waals surface area contributed by atoms with Gasteiger partial charge in [-0.25, -0.2) is 13.7 Å². The van der Waals surface area contributed by atoms with Crippen LogP contribution in [0.15, 0.2) is 59.7 Å². The molecule has 0 aliphatic carbocycles. The first-order valence-electron chi connectivity index (χ1n) is 21.3. The third-order valence-corrected chi connectivity index (χ3v) is 13.5. The number of aryl methyl sites for hydroxylation is 2. The number of imide groups is 1. The van der Waals surface area contributed by atoms with Gasteiger partial charge in [-0.05, 0) is 112 Å². The van der Waals surface area contributed by atoms with E-state index in [1.165, 1.54) is 35.9 Å².